The minimum absolute atomic E-state index is 0.108. The molecule has 2 aromatic carbocycles. The molecule has 0 saturated heterocycles. The number of rotatable bonds is 6. The van der Waals surface area contributed by atoms with Gasteiger partial charge in [0.05, 0.1) is 0 Å². The van der Waals surface area contributed by atoms with Crippen molar-refractivity contribution >= 4 is 27.6 Å². The van der Waals surface area contributed by atoms with E-state index < -0.39 is 38.2 Å². The third kappa shape index (κ3) is 4.63. The standard InChI is InChI=1S/C24H28N4S.4O.2Ti/c1-17-7-8-20-19(13-17)21(26-16-24(25)9-4-10-24)14-23(27-20)28-11-12-29-22-6-3-2-5-18(22)15-28;;;;;;/h2-3,5-8,13-14H,4,9-12,15-16,25H2,1H3,(H,26,27);;;;;;. The molecule has 0 atom stereocenters. The zero-order chi connectivity index (χ0) is 24.8. The van der Waals surface area contributed by atoms with Gasteiger partial charge in [-0.25, -0.2) is 0 Å². The molecule has 1 saturated carbocycles. The average Bonchev–Trinajstić information content (AvgIpc) is 2.99. The van der Waals surface area contributed by atoms with Crippen LogP contribution in [-0.2, 0) is 52.9 Å². The van der Waals surface area contributed by atoms with Crippen molar-refractivity contribution < 1.29 is 46.3 Å². The number of anilines is 2. The van der Waals surface area contributed by atoms with Crippen LogP contribution in [0.3, 0.4) is 0 Å². The van der Waals surface area contributed by atoms with Crippen LogP contribution in [0.1, 0.15) is 30.4 Å². The summed E-state index contributed by atoms with van der Waals surface area (Å²) in [6.07, 6.45) is 3.13. The van der Waals surface area contributed by atoms with Crippen LogP contribution < -0.4 is 16.0 Å². The quantitative estimate of drug-likeness (QED) is 0.421. The zero-order valence-electron chi connectivity index (χ0n) is 19.6. The first-order chi connectivity index (χ1) is 16.7. The summed E-state index contributed by atoms with van der Waals surface area (Å²) >= 11 is -8.54. The molecule has 1 aliphatic heterocycles. The van der Waals surface area contributed by atoms with Gasteiger partial charge < -0.3 is 0 Å². The van der Waals surface area contributed by atoms with Crippen LogP contribution >= 0.6 is 5.20 Å². The van der Waals surface area contributed by atoms with E-state index in [1.165, 1.54) is 0 Å². The van der Waals surface area contributed by atoms with Crippen LogP contribution in [0.5, 0.6) is 0 Å². The number of aromatic nitrogens is 1. The van der Waals surface area contributed by atoms with E-state index in [2.05, 4.69) is 11.4 Å². The third-order valence-corrected chi connectivity index (χ3v) is 26.0. The van der Waals surface area contributed by atoms with Crippen LogP contribution in [0, 0.1) is 6.92 Å². The topological polar surface area (TPSA) is 122 Å². The molecule has 182 valence electrons. The van der Waals surface area contributed by atoms with E-state index in [1.54, 1.807) is 12.1 Å². The van der Waals surface area contributed by atoms with Gasteiger partial charge in [0.2, 0.25) is 0 Å². The summed E-state index contributed by atoms with van der Waals surface area (Å²) in [6.45, 7) is 3.43. The predicted octanol–water partition coefficient (Wildman–Crippen LogP) is 4.47. The molecule has 3 N–H and O–H groups in total. The molecule has 8 nitrogen and oxygen atoms in total. The van der Waals surface area contributed by atoms with Crippen LogP contribution in [0.25, 0.3) is 10.9 Å². The van der Waals surface area contributed by atoms with Gasteiger partial charge in [0.1, 0.15) is 0 Å². The summed E-state index contributed by atoms with van der Waals surface area (Å²) < 4.78 is 50.0. The molecular formula is C24H28N4O4STi2. The number of hydrogen-bond acceptors (Lipinski definition) is 8. The van der Waals surface area contributed by atoms with Crippen molar-refractivity contribution in [2.45, 2.75) is 43.2 Å². The molecule has 2 aliphatic rings. The molecule has 3 aromatic rings. The molecule has 0 bridgehead atoms. The Balaban J connectivity index is 1.58. The Morgan fingerprint density at radius 1 is 1.09 bits per heavy atom. The van der Waals surface area contributed by atoms with Crippen molar-refractivity contribution in [1.29, 1.82) is 0 Å². The van der Waals surface area contributed by atoms with Crippen LogP contribution in [0.2, 0.25) is 0 Å². The number of nitrogens with two attached hydrogens (primary N) is 1. The first-order valence-electron chi connectivity index (χ1n) is 11.7. The van der Waals surface area contributed by atoms with Gasteiger partial charge in [0, 0.05) is 0 Å². The second-order valence-electron chi connectivity index (χ2n) is 9.59. The summed E-state index contributed by atoms with van der Waals surface area (Å²) in [6, 6.07) is 15.2. The molecule has 0 radical (unpaired) electrons. The summed E-state index contributed by atoms with van der Waals surface area (Å²) in [7, 11) is 0. The van der Waals surface area contributed by atoms with Gasteiger partial charge in [-0.1, -0.05) is 0 Å². The summed E-state index contributed by atoms with van der Waals surface area (Å²) in [5.74, 6) is 0.807. The van der Waals surface area contributed by atoms with Crippen molar-refractivity contribution in [3.8, 4) is 0 Å². The molecule has 35 heavy (non-hydrogen) atoms. The van der Waals surface area contributed by atoms with Gasteiger partial charge in [0.15, 0.2) is 0 Å². The number of nitrogens with zero attached hydrogens (tertiary/aromatic N) is 2. The normalized spacial score (nSPS) is 19.2. The van der Waals surface area contributed by atoms with E-state index in [4.69, 9.17) is 10.7 Å². The molecule has 5 rings (SSSR count). The molecule has 0 unspecified atom stereocenters. The maximum atomic E-state index is 12.5. The van der Waals surface area contributed by atoms with E-state index in [9.17, 15) is 13.3 Å². The maximum absolute atomic E-state index is 12.5. The Morgan fingerprint density at radius 2 is 1.83 bits per heavy atom. The molecule has 11 heteroatoms. The monoisotopic (exact) mass is 564 g/mol. The molecule has 1 aromatic heterocycles. The third-order valence-electron chi connectivity index (χ3n) is 7.20. The Kier molecular flexibility index (Phi) is 6.94. The number of benzene rings is 2. The van der Waals surface area contributed by atoms with Gasteiger partial charge in [-0.15, -0.1) is 0 Å². The van der Waals surface area contributed by atoms with E-state index in [0.29, 0.717) is 30.3 Å². The summed E-state index contributed by atoms with van der Waals surface area (Å²) in [5.41, 5.74) is 9.92. The first-order valence-corrected chi connectivity index (χ1v) is 19.9. The number of fused-ring (bicyclic) bond motifs is 2. The van der Waals surface area contributed by atoms with Crippen molar-refractivity contribution in [2.75, 3.05) is 29.1 Å². The van der Waals surface area contributed by atoms with Gasteiger partial charge in [-0.2, -0.15) is 0 Å². The Labute approximate surface area is 215 Å². The number of nitrogens with one attached hydrogen (secondary N) is 1. The molecule has 0 amide bonds. The van der Waals surface area contributed by atoms with Gasteiger partial charge in [0.25, 0.3) is 0 Å². The number of aryl methyl sites for hydroxylation is 1. The van der Waals surface area contributed by atoms with Gasteiger partial charge in [-0.3, -0.25) is 0 Å². The van der Waals surface area contributed by atoms with E-state index in [-0.39, 0.29) is 11.3 Å². The number of hydrogen-bond donors (Lipinski definition) is 2. The molecule has 2 heterocycles. The van der Waals surface area contributed by atoms with Gasteiger partial charge >= 0.3 is 217 Å². The van der Waals surface area contributed by atoms with Crippen molar-refractivity contribution in [3.63, 3.8) is 0 Å². The molecule has 1 fully saturated rings. The zero-order valence-corrected chi connectivity index (χ0v) is 23.5. The molecular weight excluding hydrogens is 536 g/mol. The van der Waals surface area contributed by atoms with E-state index in [1.807, 2.05) is 42.2 Å². The van der Waals surface area contributed by atoms with Crippen LogP contribution in [0.4, 0.5) is 11.5 Å². The summed E-state index contributed by atoms with van der Waals surface area (Å²) in [5, 5.41) is 1.72. The fourth-order valence-corrected chi connectivity index (χ4v) is 16.6. The van der Waals surface area contributed by atoms with Crippen LogP contribution in [0.15, 0.2) is 53.4 Å². The minimum atomic E-state index is -4.27. The van der Waals surface area contributed by atoms with Crippen molar-refractivity contribution in [3.05, 3.63) is 59.7 Å². The Hall–Kier alpha value is -1.61. The summed E-state index contributed by atoms with van der Waals surface area (Å²) in [4.78, 5) is 7.43. The van der Waals surface area contributed by atoms with E-state index in [0.717, 1.165) is 47.0 Å². The molecule has 0 spiro atoms. The Bertz CT molecular complexity index is 1410. The second kappa shape index (κ2) is 9.69. The van der Waals surface area contributed by atoms with Crippen molar-refractivity contribution in [2.24, 2.45) is 5.73 Å². The number of pyridine rings is 1. The van der Waals surface area contributed by atoms with Gasteiger partial charge in [-0.05, 0) is 0 Å². The second-order valence-corrected chi connectivity index (χ2v) is 25.7. The predicted molar refractivity (Wildman–Crippen MR) is 127 cm³/mol. The average molecular weight is 564 g/mol. The van der Waals surface area contributed by atoms with E-state index >= 15 is 0 Å². The fraction of sp³-hybridized carbons (Fsp3) is 0.375. The SMILES string of the molecule is Cc1ccc2nc(N3CC[S]([Ti](=[O])=[O])([Ti](=[O])=[O])c4ccccc4C3)cc(NCC3(N)CCC3)c2c1. The van der Waals surface area contributed by atoms with Crippen molar-refractivity contribution in [1.82, 2.24) is 4.98 Å². The molecule has 1 aliphatic carbocycles. The Morgan fingerprint density at radius 3 is 2.51 bits per heavy atom. The first kappa shape index (κ1) is 25.1. The van der Waals surface area contributed by atoms with Crippen LogP contribution in [-0.4, -0.2) is 29.4 Å². The fourth-order valence-electron chi connectivity index (χ4n) is 4.94.